The molecular formula is C22H28N4O. The van der Waals surface area contributed by atoms with Gasteiger partial charge in [-0.15, -0.1) is 0 Å². The topological polar surface area (TPSA) is 56.7 Å². The molecular weight excluding hydrogens is 336 g/mol. The molecule has 0 unspecified atom stereocenters. The van der Waals surface area contributed by atoms with E-state index in [1.54, 1.807) is 7.05 Å². The first-order chi connectivity index (χ1) is 13.2. The fourth-order valence-electron chi connectivity index (χ4n) is 3.41. The molecule has 2 aromatic rings. The van der Waals surface area contributed by atoms with Crippen molar-refractivity contribution in [2.45, 2.75) is 26.3 Å². The maximum atomic E-state index is 11.8. The number of nitrogens with one attached hydrogen (secondary N) is 2. The van der Waals surface area contributed by atoms with Gasteiger partial charge in [-0.25, -0.2) is 0 Å². The zero-order valence-electron chi connectivity index (χ0n) is 16.2. The molecule has 0 fully saturated rings. The van der Waals surface area contributed by atoms with Crippen LogP contribution in [0.3, 0.4) is 0 Å². The summed E-state index contributed by atoms with van der Waals surface area (Å²) in [6.45, 7) is 5.52. The molecule has 27 heavy (non-hydrogen) atoms. The third-order valence-corrected chi connectivity index (χ3v) is 4.84. The fourth-order valence-corrected chi connectivity index (χ4v) is 3.41. The van der Waals surface area contributed by atoms with E-state index in [1.807, 2.05) is 24.3 Å². The van der Waals surface area contributed by atoms with E-state index in [4.69, 9.17) is 4.99 Å². The summed E-state index contributed by atoms with van der Waals surface area (Å²) in [6, 6.07) is 16.4. The highest BCUT2D eigenvalue weighted by molar-refractivity contribution is 5.94. The van der Waals surface area contributed by atoms with Crippen molar-refractivity contribution >= 4 is 11.9 Å². The Hall–Kier alpha value is -2.82. The van der Waals surface area contributed by atoms with Crippen LogP contribution in [0, 0.1) is 0 Å². The van der Waals surface area contributed by atoms with Gasteiger partial charge in [-0.2, -0.15) is 0 Å². The minimum atomic E-state index is -0.0549. The predicted molar refractivity (Wildman–Crippen MR) is 110 cm³/mol. The predicted octanol–water partition coefficient (Wildman–Crippen LogP) is 2.61. The second kappa shape index (κ2) is 9.21. The molecule has 0 bridgehead atoms. The van der Waals surface area contributed by atoms with Gasteiger partial charge in [0, 0.05) is 38.8 Å². The molecule has 2 aromatic carbocycles. The van der Waals surface area contributed by atoms with Gasteiger partial charge in [-0.1, -0.05) is 36.4 Å². The van der Waals surface area contributed by atoms with Crippen LogP contribution >= 0.6 is 0 Å². The maximum absolute atomic E-state index is 11.8. The van der Waals surface area contributed by atoms with E-state index in [-0.39, 0.29) is 5.91 Å². The van der Waals surface area contributed by atoms with Crippen molar-refractivity contribution < 1.29 is 4.79 Å². The van der Waals surface area contributed by atoms with Gasteiger partial charge in [0.2, 0.25) is 0 Å². The maximum Gasteiger partial charge on any atom is 0.251 e. The number of hydrogen-bond acceptors (Lipinski definition) is 2. The van der Waals surface area contributed by atoms with Crippen LogP contribution < -0.4 is 10.6 Å². The number of rotatable bonds is 5. The number of fused-ring (bicyclic) bond motifs is 1. The smallest absolute Gasteiger partial charge is 0.251 e. The van der Waals surface area contributed by atoms with Gasteiger partial charge in [-0.05, 0) is 48.6 Å². The van der Waals surface area contributed by atoms with Crippen LogP contribution in [-0.2, 0) is 19.4 Å². The summed E-state index contributed by atoms with van der Waals surface area (Å²) < 4.78 is 0. The van der Waals surface area contributed by atoms with Crippen LogP contribution in [0.4, 0.5) is 0 Å². The SMILES string of the molecule is CCNC(=NCCc1cccc(C(=O)NC)c1)N1CCc2ccccc2C1. The van der Waals surface area contributed by atoms with Gasteiger partial charge < -0.3 is 15.5 Å². The Morgan fingerprint density at radius 2 is 1.96 bits per heavy atom. The van der Waals surface area contributed by atoms with Crippen molar-refractivity contribution in [2.75, 3.05) is 26.7 Å². The largest absolute Gasteiger partial charge is 0.357 e. The molecule has 1 aliphatic heterocycles. The highest BCUT2D eigenvalue weighted by Gasteiger charge is 2.18. The van der Waals surface area contributed by atoms with E-state index in [9.17, 15) is 4.79 Å². The number of hydrogen-bond donors (Lipinski definition) is 2. The van der Waals surface area contributed by atoms with Crippen LogP contribution in [0.15, 0.2) is 53.5 Å². The summed E-state index contributed by atoms with van der Waals surface area (Å²) in [5, 5.41) is 6.09. The highest BCUT2D eigenvalue weighted by atomic mass is 16.1. The number of nitrogens with zero attached hydrogens (tertiary/aromatic N) is 2. The molecule has 5 heteroatoms. The Balaban J connectivity index is 1.66. The lowest BCUT2D eigenvalue weighted by molar-refractivity contribution is 0.0963. The van der Waals surface area contributed by atoms with Gasteiger partial charge >= 0.3 is 0 Å². The van der Waals surface area contributed by atoms with Crippen LogP contribution in [-0.4, -0.2) is 43.4 Å². The lowest BCUT2D eigenvalue weighted by Gasteiger charge is -2.31. The monoisotopic (exact) mass is 364 g/mol. The molecule has 0 aromatic heterocycles. The van der Waals surface area contributed by atoms with E-state index in [0.717, 1.165) is 44.0 Å². The lowest BCUT2D eigenvalue weighted by atomic mass is 10.0. The van der Waals surface area contributed by atoms with Crippen LogP contribution in [0.1, 0.15) is 34.0 Å². The van der Waals surface area contributed by atoms with Crippen molar-refractivity contribution in [3.8, 4) is 0 Å². The van der Waals surface area contributed by atoms with Gasteiger partial charge in [0.15, 0.2) is 5.96 Å². The first-order valence-electron chi connectivity index (χ1n) is 9.62. The van der Waals surface area contributed by atoms with Crippen molar-refractivity contribution in [3.63, 3.8) is 0 Å². The minimum Gasteiger partial charge on any atom is -0.357 e. The summed E-state index contributed by atoms with van der Waals surface area (Å²) in [5.41, 5.74) is 4.64. The third kappa shape index (κ3) is 4.88. The number of carbonyl (C=O) groups is 1. The Morgan fingerprint density at radius 3 is 2.74 bits per heavy atom. The first kappa shape index (κ1) is 19.0. The first-order valence-corrected chi connectivity index (χ1v) is 9.62. The number of benzene rings is 2. The standard InChI is InChI=1S/C22H28N4O/c1-3-24-22(26-14-12-18-8-4-5-9-20(18)16-26)25-13-11-17-7-6-10-19(15-17)21(27)23-2/h4-10,15H,3,11-14,16H2,1-2H3,(H,23,27)(H,24,25). The molecule has 0 saturated heterocycles. The zero-order valence-corrected chi connectivity index (χ0v) is 16.2. The molecule has 0 radical (unpaired) electrons. The molecule has 1 aliphatic rings. The van der Waals surface area contributed by atoms with Crippen LogP contribution in [0.5, 0.6) is 0 Å². The van der Waals surface area contributed by atoms with Crippen LogP contribution in [0.2, 0.25) is 0 Å². The average molecular weight is 364 g/mol. The van der Waals surface area contributed by atoms with Gasteiger partial charge in [0.25, 0.3) is 5.91 Å². The van der Waals surface area contributed by atoms with E-state index in [2.05, 4.69) is 46.7 Å². The quantitative estimate of drug-likeness (QED) is 0.633. The minimum absolute atomic E-state index is 0.0549. The number of guanidine groups is 1. The molecule has 0 aliphatic carbocycles. The van der Waals surface area contributed by atoms with Crippen molar-refractivity contribution in [1.82, 2.24) is 15.5 Å². The summed E-state index contributed by atoms with van der Waals surface area (Å²) in [5.74, 6) is 0.912. The van der Waals surface area contributed by atoms with Gasteiger partial charge in [-0.3, -0.25) is 9.79 Å². The van der Waals surface area contributed by atoms with Gasteiger partial charge in [0.1, 0.15) is 0 Å². The van der Waals surface area contributed by atoms with E-state index in [0.29, 0.717) is 12.1 Å². The Labute approximate surface area is 161 Å². The molecule has 1 heterocycles. The second-order valence-electron chi connectivity index (χ2n) is 6.71. The second-order valence-corrected chi connectivity index (χ2v) is 6.71. The van der Waals surface area contributed by atoms with Gasteiger partial charge in [0.05, 0.1) is 0 Å². The normalized spacial score (nSPS) is 13.9. The summed E-state index contributed by atoms with van der Waals surface area (Å²) in [4.78, 5) is 18.9. The Kier molecular flexibility index (Phi) is 6.47. The van der Waals surface area contributed by atoms with E-state index >= 15 is 0 Å². The Bertz CT molecular complexity index is 815. The molecule has 0 atom stereocenters. The zero-order chi connectivity index (χ0) is 19.1. The van der Waals surface area contributed by atoms with E-state index in [1.165, 1.54) is 11.1 Å². The fraction of sp³-hybridized carbons (Fsp3) is 0.364. The Morgan fingerprint density at radius 1 is 1.15 bits per heavy atom. The van der Waals surface area contributed by atoms with Crippen LogP contribution in [0.25, 0.3) is 0 Å². The molecule has 0 saturated carbocycles. The van der Waals surface area contributed by atoms with Crippen molar-refractivity contribution in [1.29, 1.82) is 0 Å². The van der Waals surface area contributed by atoms with Crippen molar-refractivity contribution in [3.05, 3.63) is 70.8 Å². The van der Waals surface area contributed by atoms with Crippen molar-refractivity contribution in [2.24, 2.45) is 4.99 Å². The third-order valence-electron chi connectivity index (χ3n) is 4.84. The molecule has 0 spiro atoms. The summed E-state index contributed by atoms with van der Waals surface area (Å²) in [6.07, 6.45) is 1.86. The average Bonchev–Trinajstić information content (AvgIpc) is 2.72. The number of amides is 1. The summed E-state index contributed by atoms with van der Waals surface area (Å²) >= 11 is 0. The molecule has 3 rings (SSSR count). The number of carbonyl (C=O) groups excluding carboxylic acids is 1. The molecule has 1 amide bonds. The molecule has 2 N–H and O–H groups in total. The molecule has 142 valence electrons. The highest BCUT2D eigenvalue weighted by Crippen LogP contribution is 2.18. The lowest BCUT2D eigenvalue weighted by Crippen LogP contribution is -2.44. The molecule has 5 nitrogen and oxygen atoms in total. The number of aliphatic imine (C=N–C) groups is 1. The van der Waals surface area contributed by atoms with E-state index < -0.39 is 0 Å². The summed E-state index contributed by atoms with van der Waals surface area (Å²) in [7, 11) is 1.65.